The molecule has 0 saturated carbocycles. The van der Waals surface area contributed by atoms with Crippen molar-refractivity contribution in [3.63, 3.8) is 0 Å². The molecule has 2 aliphatic rings. The van der Waals surface area contributed by atoms with Gasteiger partial charge in [0.25, 0.3) is 5.91 Å². The molecule has 2 atom stereocenters. The van der Waals surface area contributed by atoms with Crippen LogP contribution in [0.15, 0.2) is 42.6 Å². The molecular formula is C21H25N3O3S. The fourth-order valence-electron chi connectivity index (χ4n) is 4.33. The van der Waals surface area contributed by atoms with Crippen molar-refractivity contribution in [2.24, 2.45) is 0 Å². The molecule has 1 aromatic carbocycles. The molecule has 0 N–H and O–H groups in total. The lowest BCUT2D eigenvalue weighted by Crippen LogP contribution is -2.37. The predicted molar refractivity (Wildman–Crippen MR) is 111 cm³/mol. The average Bonchev–Trinajstić information content (AvgIpc) is 3.20. The maximum atomic E-state index is 13.1. The van der Waals surface area contributed by atoms with Gasteiger partial charge in [-0.2, -0.15) is 0 Å². The molecule has 2 aromatic rings. The van der Waals surface area contributed by atoms with Gasteiger partial charge in [-0.3, -0.25) is 4.79 Å². The number of rotatable bonds is 4. The van der Waals surface area contributed by atoms with Crippen molar-refractivity contribution in [3.8, 4) is 0 Å². The van der Waals surface area contributed by atoms with Crippen LogP contribution in [0.2, 0.25) is 0 Å². The molecule has 2 unspecified atom stereocenters. The van der Waals surface area contributed by atoms with Crippen LogP contribution >= 0.6 is 0 Å². The zero-order valence-electron chi connectivity index (χ0n) is 16.2. The van der Waals surface area contributed by atoms with Crippen molar-refractivity contribution in [3.05, 3.63) is 53.7 Å². The van der Waals surface area contributed by atoms with Gasteiger partial charge in [-0.05, 0) is 50.5 Å². The molecule has 1 amide bonds. The topological polar surface area (TPSA) is 70.6 Å². The number of hydrogen-bond donors (Lipinski definition) is 0. The zero-order valence-corrected chi connectivity index (χ0v) is 17.0. The van der Waals surface area contributed by atoms with E-state index in [0.29, 0.717) is 18.5 Å². The molecule has 0 bridgehead atoms. The van der Waals surface area contributed by atoms with E-state index in [0.717, 1.165) is 17.9 Å². The second-order valence-electron chi connectivity index (χ2n) is 7.60. The number of carbonyl (C=O) groups excluding carboxylic acids is 1. The normalized spacial score (nSPS) is 22.9. The Morgan fingerprint density at radius 2 is 2.04 bits per heavy atom. The van der Waals surface area contributed by atoms with Crippen molar-refractivity contribution in [1.82, 2.24) is 4.98 Å². The summed E-state index contributed by atoms with van der Waals surface area (Å²) in [5.74, 6) is 1.07. The SMILES string of the molecule is CCN(c1ccc(C(=O)N2c3ccccc3CC2C)cn1)C1CCS(=O)(=O)C1. The van der Waals surface area contributed by atoms with E-state index < -0.39 is 9.84 Å². The van der Waals surface area contributed by atoms with Gasteiger partial charge in [0, 0.05) is 30.5 Å². The highest BCUT2D eigenvalue weighted by Crippen LogP contribution is 2.33. The van der Waals surface area contributed by atoms with Crippen molar-refractivity contribution in [2.45, 2.75) is 38.8 Å². The van der Waals surface area contributed by atoms with Crippen LogP contribution in [-0.4, -0.2) is 49.4 Å². The van der Waals surface area contributed by atoms with Crippen LogP contribution < -0.4 is 9.80 Å². The first-order valence-corrected chi connectivity index (χ1v) is 11.6. The number of fused-ring (bicyclic) bond motifs is 1. The molecule has 1 aromatic heterocycles. The summed E-state index contributed by atoms with van der Waals surface area (Å²) in [6.45, 7) is 4.73. The molecule has 148 valence electrons. The van der Waals surface area contributed by atoms with Crippen LogP contribution in [0.25, 0.3) is 0 Å². The van der Waals surface area contributed by atoms with Crippen LogP contribution in [0, 0.1) is 0 Å². The number of benzene rings is 1. The largest absolute Gasteiger partial charge is 0.353 e. The first-order valence-electron chi connectivity index (χ1n) is 9.74. The number of pyridine rings is 1. The molecule has 7 heteroatoms. The molecule has 4 rings (SSSR count). The minimum atomic E-state index is -2.96. The Morgan fingerprint density at radius 1 is 1.25 bits per heavy atom. The van der Waals surface area contributed by atoms with Gasteiger partial charge in [0.05, 0.1) is 17.1 Å². The van der Waals surface area contributed by atoms with Crippen LogP contribution in [0.5, 0.6) is 0 Å². The monoisotopic (exact) mass is 399 g/mol. The Balaban J connectivity index is 1.55. The fraction of sp³-hybridized carbons (Fsp3) is 0.429. The molecule has 3 heterocycles. The summed E-state index contributed by atoms with van der Waals surface area (Å²) in [5, 5.41) is 0. The van der Waals surface area contributed by atoms with Gasteiger partial charge in [0.2, 0.25) is 0 Å². The number of carbonyl (C=O) groups is 1. The third-order valence-electron chi connectivity index (χ3n) is 5.70. The second-order valence-corrected chi connectivity index (χ2v) is 9.83. The second kappa shape index (κ2) is 7.20. The summed E-state index contributed by atoms with van der Waals surface area (Å²) in [6.07, 6.45) is 3.09. The number of hydrogen-bond acceptors (Lipinski definition) is 5. The lowest BCUT2D eigenvalue weighted by molar-refractivity contribution is 0.0981. The lowest BCUT2D eigenvalue weighted by atomic mass is 10.1. The van der Waals surface area contributed by atoms with Crippen LogP contribution in [0.3, 0.4) is 0 Å². The smallest absolute Gasteiger partial charge is 0.260 e. The summed E-state index contributed by atoms with van der Waals surface area (Å²) < 4.78 is 23.6. The van der Waals surface area contributed by atoms with E-state index in [1.54, 1.807) is 12.3 Å². The quantitative estimate of drug-likeness (QED) is 0.791. The van der Waals surface area contributed by atoms with Crippen molar-refractivity contribution < 1.29 is 13.2 Å². The number of para-hydroxylation sites is 1. The van der Waals surface area contributed by atoms with Gasteiger partial charge < -0.3 is 9.80 Å². The molecule has 1 fully saturated rings. The number of amides is 1. The fourth-order valence-corrected chi connectivity index (χ4v) is 6.06. The Labute approximate surface area is 166 Å². The van der Waals surface area contributed by atoms with E-state index in [2.05, 4.69) is 18.0 Å². The first-order chi connectivity index (χ1) is 13.4. The van der Waals surface area contributed by atoms with Gasteiger partial charge in [-0.15, -0.1) is 0 Å². The minimum Gasteiger partial charge on any atom is -0.353 e. The average molecular weight is 400 g/mol. The van der Waals surface area contributed by atoms with E-state index in [9.17, 15) is 13.2 Å². The van der Waals surface area contributed by atoms with Crippen LogP contribution in [0.1, 0.15) is 36.2 Å². The molecule has 28 heavy (non-hydrogen) atoms. The van der Waals surface area contributed by atoms with Crippen molar-refractivity contribution in [2.75, 3.05) is 27.9 Å². The third-order valence-corrected chi connectivity index (χ3v) is 7.46. The predicted octanol–water partition coefficient (Wildman–Crippen LogP) is 2.69. The number of anilines is 2. The summed E-state index contributed by atoms with van der Waals surface area (Å²) in [7, 11) is -2.96. The van der Waals surface area contributed by atoms with Crippen LogP contribution in [-0.2, 0) is 16.3 Å². The van der Waals surface area contributed by atoms with E-state index >= 15 is 0 Å². The van der Waals surface area contributed by atoms with Gasteiger partial charge in [0.15, 0.2) is 9.84 Å². The Kier molecular flexibility index (Phi) is 4.87. The maximum Gasteiger partial charge on any atom is 0.260 e. The number of nitrogens with zero attached hydrogens (tertiary/aromatic N) is 3. The highest BCUT2D eigenvalue weighted by atomic mass is 32.2. The van der Waals surface area contributed by atoms with E-state index in [4.69, 9.17) is 0 Å². The molecule has 2 aliphatic heterocycles. The van der Waals surface area contributed by atoms with Crippen molar-refractivity contribution >= 4 is 27.2 Å². The highest BCUT2D eigenvalue weighted by Gasteiger charge is 2.33. The summed E-state index contributed by atoms with van der Waals surface area (Å²) >= 11 is 0. The van der Waals surface area contributed by atoms with Crippen molar-refractivity contribution in [1.29, 1.82) is 0 Å². The molecule has 1 saturated heterocycles. The maximum absolute atomic E-state index is 13.1. The molecule has 6 nitrogen and oxygen atoms in total. The molecule has 0 spiro atoms. The minimum absolute atomic E-state index is 0.0467. The summed E-state index contributed by atoms with van der Waals surface area (Å²) in [4.78, 5) is 21.5. The third kappa shape index (κ3) is 3.39. The standard InChI is InChI=1S/C21H25N3O3S/c1-3-23(18-10-11-28(26,27)14-18)20-9-8-17(13-22-20)21(25)24-15(2)12-16-6-4-5-7-19(16)24/h4-9,13,15,18H,3,10-12,14H2,1-2H3. The summed E-state index contributed by atoms with van der Waals surface area (Å²) in [6, 6.07) is 11.7. The molecular weight excluding hydrogens is 374 g/mol. The lowest BCUT2D eigenvalue weighted by Gasteiger charge is -2.28. The Bertz CT molecular complexity index is 988. The number of aromatic nitrogens is 1. The van der Waals surface area contributed by atoms with E-state index in [-0.39, 0.29) is 29.5 Å². The highest BCUT2D eigenvalue weighted by molar-refractivity contribution is 7.91. The first kappa shape index (κ1) is 18.9. The van der Waals surface area contributed by atoms with Crippen LogP contribution in [0.4, 0.5) is 11.5 Å². The summed E-state index contributed by atoms with van der Waals surface area (Å²) in [5.41, 5.74) is 2.70. The number of sulfone groups is 1. The molecule has 0 radical (unpaired) electrons. The Morgan fingerprint density at radius 3 is 2.68 bits per heavy atom. The van der Waals surface area contributed by atoms with Gasteiger partial charge in [0.1, 0.15) is 5.82 Å². The Hall–Kier alpha value is -2.41. The van der Waals surface area contributed by atoms with E-state index in [1.807, 2.05) is 41.0 Å². The van der Waals surface area contributed by atoms with Gasteiger partial charge >= 0.3 is 0 Å². The molecule has 0 aliphatic carbocycles. The zero-order chi connectivity index (χ0) is 19.9. The van der Waals surface area contributed by atoms with E-state index in [1.165, 1.54) is 5.56 Å². The van der Waals surface area contributed by atoms with Gasteiger partial charge in [-0.25, -0.2) is 13.4 Å². The van der Waals surface area contributed by atoms with Gasteiger partial charge in [-0.1, -0.05) is 18.2 Å².